The number of anilines is 1. The van der Waals surface area contributed by atoms with Crippen molar-refractivity contribution in [3.63, 3.8) is 0 Å². The molecule has 1 atom stereocenters. The van der Waals surface area contributed by atoms with Gasteiger partial charge in [-0.25, -0.2) is 9.97 Å². The number of rotatable bonds is 3. The normalized spacial score (nSPS) is 17.0. The number of benzene rings is 1. The van der Waals surface area contributed by atoms with Crippen LogP contribution in [0.1, 0.15) is 36.6 Å². The van der Waals surface area contributed by atoms with E-state index in [9.17, 15) is 18.3 Å². The van der Waals surface area contributed by atoms with Crippen molar-refractivity contribution >= 4 is 16.9 Å². The van der Waals surface area contributed by atoms with E-state index in [-0.39, 0.29) is 5.56 Å². The summed E-state index contributed by atoms with van der Waals surface area (Å²) >= 11 is 0. The molecule has 0 unspecified atom stereocenters. The first-order chi connectivity index (χ1) is 13.7. The molecule has 0 radical (unpaired) electrons. The molecular weight excluding hydrogens is 381 g/mol. The summed E-state index contributed by atoms with van der Waals surface area (Å²) in [5.74, 6) is 0.367. The largest absolute Gasteiger partial charge is 0.416 e. The van der Waals surface area contributed by atoms with Gasteiger partial charge in [0, 0.05) is 12.4 Å². The maximum atomic E-state index is 13.0. The molecule has 3 N–H and O–H groups in total. The fourth-order valence-electron chi connectivity index (χ4n) is 3.63. The van der Waals surface area contributed by atoms with Crippen molar-refractivity contribution in [3.8, 4) is 0 Å². The third-order valence-corrected chi connectivity index (χ3v) is 5.31. The van der Waals surface area contributed by atoms with Crippen LogP contribution < -0.4 is 5.73 Å². The predicted octanol–water partition coefficient (Wildman–Crippen LogP) is 4.34. The van der Waals surface area contributed by atoms with Gasteiger partial charge in [-0.3, -0.25) is 0 Å². The second-order valence-corrected chi connectivity index (χ2v) is 7.20. The summed E-state index contributed by atoms with van der Waals surface area (Å²) in [7, 11) is 0. The van der Waals surface area contributed by atoms with E-state index in [0.717, 1.165) is 17.7 Å². The van der Waals surface area contributed by atoms with Gasteiger partial charge in [-0.05, 0) is 48.6 Å². The molecule has 3 aromatic rings. The minimum Gasteiger partial charge on any atom is -0.382 e. The number of allylic oxidation sites excluding steroid dienone is 3. The molecule has 5 nitrogen and oxygen atoms in total. The Bertz CT molecular complexity index is 1140. The van der Waals surface area contributed by atoms with Crippen molar-refractivity contribution in [2.24, 2.45) is 0 Å². The molecule has 0 bridgehead atoms. The predicted molar refractivity (Wildman–Crippen MR) is 104 cm³/mol. The molecule has 29 heavy (non-hydrogen) atoms. The molecule has 1 aliphatic rings. The minimum atomic E-state index is -4.46. The molecule has 0 saturated heterocycles. The minimum absolute atomic E-state index is 0.205. The van der Waals surface area contributed by atoms with Crippen LogP contribution in [0.25, 0.3) is 11.1 Å². The van der Waals surface area contributed by atoms with Crippen molar-refractivity contribution < 1.29 is 18.3 Å². The van der Waals surface area contributed by atoms with Crippen LogP contribution in [-0.2, 0) is 11.8 Å². The van der Waals surface area contributed by atoms with E-state index in [1.807, 2.05) is 6.08 Å². The average molecular weight is 400 g/mol. The van der Waals surface area contributed by atoms with Crippen LogP contribution in [0, 0.1) is 0 Å². The monoisotopic (exact) mass is 400 g/mol. The number of nitrogens with zero attached hydrogens (tertiary/aromatic N) is 3. The second kappa shape index (κ2) is 6.73. The van der Waals surface area contributed by atoms with Gasteiger partial charge in [0.1, 0.15) is 23.3 Å². The highest BCUT2D eigenvalue weighted by Gasteiger charge is 2.34. The van der Waals surface area contributed by atoms with Crippen LogP contribution >= 0.6 is 0 Å². The topological polar surface area (TPSA) is 76.4 Å². The lowest BCUT2D eigenvalue weighted by molar-refractivity contribution is -0.137. The first-order valence-electron chi connectivity index (χ1n) is 9.06. The van der Waals surface area contributed by atoms with Crippen molar-refractivity contribution in [2.45, 2.75) is 31.5 Å². The van der Waals surface area contributed by atoms with Crippen molar-refractivity contribution in [2.75, 3.05) is 5.73 Å². The second-order valence-electron chi connectivity index (χ2n) is 7.20. The van der Waals surface area contributed by atoms with Gasteiger partial charge in [0.2, 0.25) is 0 Å². The molecule has 8 heteroatoms. The Labute approximate surface area is 165 Å². The summed E-state index contributed by atoms with van der Waals surface area (Å²) in [6.45, 7) is 1.51. The number of nitrogen functional groups attached to an aromatic ring is 1. The number of halogens is 3. The Hall–Kier alpha value is -3.13. The molecule has 1 aromatic carbocycles. The fraction of sp³-hybridized carbons (Fsp3) is 0.238. The van der Waals surface area contributed by atoms with E-state index < -0.39 is 17.3 Å². The van der Waals surface area contributed by atoms with Crippen LogP contribution in [0.2, 0.25) is 0 Å². The number of aliphatic hydroxyl groups is 1. The van der Waals surface area contributed by atoms with E-state index in [0.29, 0.717) is 35.4 Å². The van der Waals surface area contributed by atoms with Crippen LogP contribution in [0.4, 0.5) is 19.0 Å². The maximum absolute atomic E-state index is 13.0. The first kappa shape index (κ1) is 19.2. The Morgan fingerprint density at radius 1 is 1.10 bits per heavy atom. The molecule has 2 aromatic heterocycles. The number of hydrogen-bond acceptors (Lipinski definition) is 4. The van der Waals surface area contributed by atoms with E-state index in [1.165, 1.54) is 19.1 Å². The zero-order chi connectivity index (χ0) is 20.8. The van der Waals surface area contributed by atoms with E-state index in [1.54, 1.807) is 29.2 Å². The van der Waals surface area contributed by atoms with Crippen molar-refractivity contribution in [1.82, 2.24) is 14.4 Å². The molecule has 0 amide bonds. The number of nitrogens with two attached hydrogens (primary N) is 1. The quantitative estimate of drug-likeness (QED) is 0.686. The van der Waals surface area contributed by atoms with Crippen LogP contribution in [0.15, 0.2) is 60.7 Å². The molecule has 150 valence electrons. The molecule has 0 saturated carbocycles. The van der Waals surface area contributed by atoms with Gasteiger partial charge in [0.15, 0.2) is 0 Å². The SMILES string of the molecule is C[C@](O)(C1=CC=C(c2ncn3ccnc(N)c23)CC1)c1cccc(C(F)(F)F)c1. The van der Waals surface area contributed by atoms with Gasteiger partial charge in [0.25, 0.3) is 0 Å². The summed E-state index contributed by atoms with van der Waals surface area (Å²) in [5, 5.41) is 11.0. The summed E-state index contributed by atoms with van der Waals surface area (Å²) < 4.78 is 40.9. The van der Waals surface area contributed by atoms with Gasteiger partial charge >= 0.3 is 6.18 Å². The Kier molecular flexibility index (Phi) is 4.46. The number of fused-ring (bicyclic) bond motifs is 1. The maximum Gasteiger partial charge on any atom is 0.416 e. The fourth-order valence-corrected chi connectivity index (χ4v) is 3.63. The lowest BCUT2D eigenvalue weighted by Gasteiger charge is -2.30. The number of alkyl halides is 3. The number of aromatic nitrogens is 3. The molecule has 0 spiro atoms. The molecule has 0 fully saturated rings. The van der Waals surface area contributed by atoms with Gasteiger partial charge in [0.05, 0.1) is 11.3 Å². The molecule has 0 aliphatic heterocycles. The highest BCUT2D eigenvalue weighted by atomic mass is 19.4. The smallest absolute Gasteiger partial charge is 0.382 e. The highest BCUT2D eigenvalue weighted by Crippen LogP contribution is 2.39. The zero-order valence-corrected chi connectivity index (χ0v) is 15.6. The summed E-state index contributed by atoms with van der Waals surface area (Å²) in [6.07, 6.45) is 5.17. The average Bonchev–Trinajstić information content (AvgIpc) is 3.13. The number of hydrogen-bond donors (Lipinski definition) is 2. The molecule has 4 rings (SSSR count). The Morgan fingerprint density at radius 2 is 1.86 bits per heavy atom. The summed E-state index contributed by atoms with van der Waals surface area (Å²) in [6, 6.07) is 4.80. The van der Waals surface area contributed by atoms with Gasteiger partial charge in [-0.1, -0.05) is 24.3 Å². The summed E-state index contributed by atoms with van der Waals surface area (Å²) in [4.78, 5) is 8.52. The molecule has 1 aliphatic carbocycles. The third-order valence-electron chi connectivity index (χ3n) is 5.31. The van der Waals surface area contributed by atoms with E-state index in [2.05, 4.69) is 9.97 Å². The lowest BCUT2D eigenvalue weighted by atomic mass is 9.81. The van der Waals surface area contributed by atoms with Gasteiger partial charge in [-0.15, -0.1) is 0 Å². The van der Waals surface area contributed by atoms with Crippen LogP contribution in [0.5, 0.6) is 0 Å². The Balaban J connectivity index is 1.69. The third kappa shape index (κ3) is 3.40. The van der Waals surface area contributed by atoms with Crippen molar-refractivity contribution in [1.29, 1.82) is 0 Å². The van der Waals surface area contributed by atoms with Crippen molar-refractivity contribution in [3.05, 3.63) is 77.5 Å². The van der Waals surface area contributed by atoms with E-state index >= 15 is 0 Å². The van der Waals surface area contributed by atoms with Gasteiger partial charge in [-0.2, -0.15) is 13.2 Å². The lowest BCUT2D eigenvalue weighted by Crippen LogP contribution is -2.25. The number of imidazole rings is 1. The molecule has 2 heterocycles. The van der Waals surface area contributed by atoms with Crippen LogP contribution in [0.3, 0.4) is 0 Å². The van der Waals surface area contributed by atoms with Crippen LogP contribution in [-0.4, -0.2) is 19.5 Å². The standard InChI is InChI=1S/C21H19F3N4O/c1-20(29,15-3-2-4-16(11-15)21(22,23)24)14-7-5-13(6-8-14)17-18-19(25)26-9-10-28(18)12-27-17/h2-5,7,9-12,29H,6,8H2,1H3,(H2,25,26)/t20-/m0/s1. The zero-order valence-electron chi connectivity index (χ0n) is 15.6. The highest BCUT2D eigenvalue weighted by molar-refractivity contribution is 5.83. The summed E-state index contributed by atoms with van der Waals surface area (Å²) in [5.41, 5.74) is 6.87. The first-order valence-corrected chi connectivity index (χ1v) is 9.06. The molecular formula is C21H19F3N4O. The van der Waals surface area contributed by atoms with E-state index in [4.69, 9.17) is 5.73 Å². The van der Waals surface area contributed by atoms with Gasteiger partial charge < -0.3 is 15.2 Å². The Morgan fingerprint density at radius 3 is 2.55 bits per heavy atom.